The van der Waals surface area contributed by atoms with E-state index in [1.807, 2.05) is 38.1 Å². The van der Waals surface area contributed by atoms with Gasteiger partial charge in [-0.1, -0.05) is 12.1 Å². The Morgan fingerprint density at radius 2 is 2.10 bits per heavy atom. The molecule has 0 aliphatic heterocycles. The van der Waals surface area contributed by atoms with Gasteiger partial charge in [-0.15, -0.1) is 0 Å². The Morgan fingerprint density at radius 3 is 2.81 bits per heavy atom. The molecular weight excluding hydrogens is 266 g/mol. The van der Waals surface area contributed by atoms with Crippen molar-refractivity contribution in [3.05, 3.63) is 46.9 Å². The van der Waals surface area contributed by atoms with Crippen molar-refractivity contribution in [2.24, 2.45) is 5.41 Å². The summed E-state index contributed by atoms with van der Waals surface area (Å²) < 4.78 is 5.76. The first-order valence-electron chi connectivity index (χ1n) is 6.71. The third-order valence-corrected chi connectivity index (χ3v) is 3.10. The van der Waals surface area contributed by atoms with Crippen LogP contribution in [0, 0.1) is 16.7 Å². The van der Waals surface area contributed by atoms with E-state index in [2.05, 4.69) is 16.0 Å². The number of aromatic nitrogens is 2. The number of hydrogen-bond acceptors (Lipinski definition) is 4. The Labute approximate surface area is 123 Å². The molecule has 0 fully saturated rings. The van der Waals surface area contributed by atoms with Gasteiger partial charge in [0, 0.05) is 12.3 Å². The molecule has 0 unspecified atom stereocenters. The van der Waals surface area contributed by atoms with Gasteiger partial charge in [0.25, 0.3) is 5.56 Å². The molecule has 0 aliphatic rings. The minimum Gasteiger partial charge on any atom is -0.493 e. The molecule has 0 spiro atoms. The van der Waals surface area contributed by atoms with E-state index in [4.69, 9.17) is 10.00 Å². The predicted octanol–water partition coefficient (Wildman–Crippen LogP) is 2.76. The van der Waals surface area contributed by atoms with Gasteiger partial charge >= 0.3 is 0 Å². The summed E-state index contributed by atoms with van der Waals surface area (Å²) in [5, 5.41) is 9.00. The summed E-state index contributed by atoms with van der Waals surface area (Å²) in [5.41, 5.74) is 0.0965. The molecular formula is C16H17N3O2. The van der Waals surface area contributed by atoms with Gasteiger partial charge in [-0.05, 0) is 32.4 Å². The molecule has 1 aromatic carbocycles. The normalized spacial score (nSPS) is 10.9. The molecule has 2 rings (SSSR count). The van der Waals surface area contributed by atoms with E-state index in [9.17, 15) is 4.79 Å². The molecule has 0 saturated heterocycles. The second kappa shape index (κ2) is 6.23. The minimum absolute atomic E-state index is 0.208. The van der Waals surface area contributed by atoms with Crippen molar-refractivity contribution in [1.82, 2.24) is 9.97 Å². The van der Waals surface area contributed by atoms with E-state index in [0.717, 1.165) is 5.56 Å². The zero-order chi connectivity index (χ0) is 15.3. The molecule has 0 radical (unpaired) electrons. The molecule has 1 N–H and O–H groups in total. The molecule has 1 heterocycles. The van der Waals surface area contributed by atoms with Crippen molar-refractivity contribution < 1.29 is 4.74 Å². The van der Waals surface area contributed by atoms with Crippen LogP contribution in [0.2, 0.25) is 0 Å². The quantitative estimate of drug-likeness (QED) is 0.915. The summed E-state index contributed by atoms with van der Waals surface area (Å²) in [5.74, 6) is 1.11. The van der Waals surface area contributed by atoms with Crippen LogP contribution in [0.4, 0.5) is 0 Å². The second-order valence-electron chi connectivity index (χ2n) is 5.37. The molecule has 5 heteroatoms. The van der Waals surface area contributed by atoms with Crippen molar-refractivity contribution in [2.45, 2.75) is 20.3 Å². The van der Waals surface area contributed by atoms with Gasteiger partial charge in [-0.3, -0.25) is 4.79 Å². The van der Waals surface area contributed by atoms with Gasteiger partial charge in [-0.2, -0.15) is 5.26 Å². The molecule has 5 nitrogen and oxygen atoms in total. The Bertz CT molecular complexity index is 714. The third kappa shape index (κ3) is 3.93. The molecule has 0 aliphatic carbocycles. The first-order chi connectivity index (χ1) is 10.0. The Hall–Kier alpha value is -2.61. The summed E-state index contributed by atoms with van der Waals surface area (Å²) in [7, 11) is 0. The topological polar surface area (TPSA) is 78.8 Å². The van der Waals surface area contributed by atoms with E-state index in [1.165, 1.54) is 12.3 Å². The SMILES string of the molecule is CC(C)(C#N)CCOc1ccccc1-c1nccc(=O)[nH]1. The van der Waals surface area contributed by atoms with Gasteiger partial charge in [0.1, 0.15) is 11.6 Å². The number of para-hydroxylation sites is 1. The number of aromatic amines is 1. The fraction of sp³-hybridized carbons (Fsp3) is 0.312. The second-order valence-corrected chi connectivity index (χ2v) is 5.37. The zero-order valence-corrected chi connectivity index (χ0v) is 12.1. The number of hydrogen-bond donors (Lipinski definition) is 1. The van der Waals surface area contributed by atoms with Crippen LogP contribution < -0.4 is 10.3 Å². The maximum absolute atomic E-state index is 11.4. The van der Waals surface area contributed by atoms with Gasteiger partial charge in [0.15, 0.2) is 0 Å². The van der Waals surface area contributed by atoms with Crippen LogP contribution in [0.5, 0.6) is 5.75 Å². The van der Waals surface area contributed by atoms with E-state index >= 15 is 0 Å². The average molecular weight is 283 g/mol. The van der Waals surface area contributed by atoms with Crippen LogP contribution in [0.3, 0.4) is 0 Å². The molecule has 21 heavy (non-hydrogen) atoms. The van der Waals surface area contributed by atoms with Crippen LogP contribution in [-0.4, -0.2) is 16.6 Å². The van der Waals surface area contributed by atoms with Crippen molar-refractivity contribution in [3.63, 3.8) is 0 Å². The van der Waals surface area contributed by atoms with Gasteiger partial charge in [-0.25, -0.2) is 4.98 Å². The zero-order valence-electron chi connectivity index (χ0n) is 12.1. The molecule has 2 aromatic rings. The molecule has 108 valence electrons. The van der Waals surface area contributed by atoms with Crippen LogP contribution in [0.15, 0.2) is 41.3 Å². The number of nitriles is 1. The average Bonchev–Trinajstić information content (AvgIpc) is 2.47. The summed E-state index contributed by atoms with van der Waals surface area (Å²) >= 11 is 0. The van der Waals surface area contributed by atoms with Crippen molar-refractivity contribution in [3.8, 4) is 23.2 Å². The van der Waals surface area contributed by atoms with Gasteiger partial charge in [0.05, 0.1) is 23.7 Å². The molecule has 0 atom stereocenters. The minimum atomic E-state index is -0.422. The van der Waals surface area contributed by atoms with Crippen LogP contribution in [-0.2, 0) is 0 Å². The van der Waals surface area contributed by atoms with Crippen molar-refractivity contribution in [2.75, 3.05) is 6.61 Å². The standard InChI is InChI=1S/C16H17N3O2/c1-16(2,11-17)8-10-21-13-6-4-3-5-12(13)15-18-9-7-14(20)19-15/h3-7,9H,8,10H2,1-2H3,(H,18,19,20). The van der Waals surface area contributed by atoms with Gasteiger partial charge in [0.2, 0.25) is 0 Å². The summed E-state index contributed by atoms with van der Waals surface area (Å²) in [6.45, 7) is 4.17. The Morgan fingerprint density at radius 1 is 1.33 bits per heavy atom. The number of rotatable bonds is 5. The highest BCUT2D eigenvalue weighted by atomic mass is 16.5. The fourth-order valence-electron chi connectivity index (χ4n) is 1.77. The Kier molecular flexibility index (Phi) is 4.39. The number of ether oxygens (including phenoxy) is 1. The number of nitrogens with one attached hydrogen (secondary N) is 1. The lowest BCUT2D eigenvalue weighted by atomic mass is 9.92. The van der Waals surface area contributed by atoms with Crippen LogP contribution in [0.1, 0.15) is 20.3 Å². The third-order valence-electron chi connectivity index (χ3n) is 3.10. The smallest absolute Gasteiger partial charge is 0.251 e. The molecule has 1 aromatic heterocycles. The summed E-state index contributed by atoms with van der Waals surface area (Å²) in [6, 6.07) is 11.0. The monoisotopic (exact) mass is 283 g/mol. The van der Waals surface area contributed by atoms with Gasteiger partial charge < -0.3 is 9.72 Å². The first kappa shape index (κ1) is 14.8. The highest BCUT2D eigenvalue weighted by Crippen LogP contribution is 2.27. The largest absolute Gasteiger partial charge is 0.493 e. The molecule has 0 amide bonds. The fourth-order valence-corrected chi connectivity index (χ4v) is 1.77. The molecule has 0 bridgehead atoms. The predicted molar refractivity (Wildman–Crippen MR) is 79.8 cm³/mol. The summed E-state index contributed by atoms with van der Waals surface area (Å²) in [4.78, 5) is 18.2. The number of H-pyrrole nitrogens is 1. The number of benzene rings is 1. The molecule has 0 saturated carbocycles. The van der Waals surface area contributed by atoms with E-state index < -0.39 is 5.41 Å². The van der Waals surface area contributed by atoms with Crippen LogP contribution in [0.25, 0.3) is 11.4 Å². The highest BCUT2D eigenvalue weighted by Gasteiger charge is 2.17. The number of nitrogens with zero attached hydrogens (tertiary/aromatic N) is 2. The lowest BCUT2D eigenvalue weighted by Crippen LogP contribution is -2.13. The highest BCUT2D eigenvalue weighted by molar-refractivity contribution is 5.63. The van der Waals surface area contributed by atoms with E-state index in [1.54, 1.807) is 0 Å². The maximum atomic E-state index is 11.4. The Balaban J connectivity index is 2.19. The van der Waals surface area contributed by atoms with E-state index in [-0.39, 0.29) is 5.56 Å². The van der Waals surface area contributed by atoms with E-state index in [0.29, 0.717) is 24.6 Å². The van der Waals surface area contributed by atoms with Crippen molar-refractivity contribution >= 4 is 0 Å². The van der Waals surface area contributed by atoms with Crippen molar-refractivity contribution in [1.29, 1.82) is 5.26 Å². The summed E-state index contributed by atoms with van der Waals surface area (Å²) in [6.07, 6.45) is 2.08. The maximum Gasteiger partial charge on any atom is 0.251 e. The lowest BCUT2D eigenvalue weighted by molar-refractivity contribution is 0.265. The van der Waals surface area contributed by atoms with Crippen LogP contribution >= 0.6 is 0 Å². The lowest BCUT2D eigenvalue weighted by Gasteiger charge is -2.16. The first-order valence-corrected chi connectivity index (χ1v) is 6.71.